The Kier molecular flexibility index (Phi) is 4.53. The number of ether oxygens (including phenoxy) is 1. The topological polar surface area (TPSA) is 22.1 Å². The van der Waals surface area contributed by atoms with Crippen molar-refractivity contribution in [1.82, 2.24) is 4.98 Å². The summed E-state index contributed by atoms with van der Waals surface area (Å²) in [5, 5.41) is 0. The van der Waals surface area contributed by atoms with Crippen molar-refractivity contribution < 1.29 is 4.74 Å². The van der Waals surface area contributed by atoms with Crippen LogP contribution in [0.2, 0.25) is 0 Å². The summed E-state index contributed by atoms with van der Waals surface area (Å²) in [5.41, 5.74) is 2.27. The minimum atomic E-state index is 0.504. The highest BCUT2D eigenvalue weighted by Gasteiger charge is 2.01. The third kappa shape index (κ3) is 3.70. The summed E-state index contributed by atoms with van der Waals surface area (Å²) < 4.78 is 6.45. The maximum absolute atomic E-state index is 5.57. The molecule has 18 heavy (non-hydrogen) atoms. The number of nitrogens with zero attached hydrogens (tertiary/aromatic N) is 1. The van der Waals surface area contributed by atoms with Crippen molar-refractivity contribution in [3.63, 3.8) is 0 Å². The average Bonchev–Trinajstić information content (AvgIpc) is 2.38. The number of aromatic nitrogens is 1. The van der Waals surface area contributed by atoms with Crippen LogP contribution in [0.1, 0.15) is 11.1 Å². The Morgan fingerprint density at radius 2 is 2.06 bits per heavy atom. The molecule has 0 unspecified atom stereocenters. The second-order valence-electron chi connectivity index (χ2n) is 3.92. The Labute approximate surface area is 115 Å². The van der Waals surface area contributed by atoms with Gasteiger partial charge in [-0.05, 0) is 46.1 Å². The number of pyridine rings is 1. The lowest BCUT2D eigenvalue weighted by atomic mass is 10.2. The van der Waals surface area contributed by atoms with Crippen LogP contribution in [0, 0.1) is 6.92 Å². The number of rotatable bonds is 4. The SMILES string of the molecule is Cc1cnc(OC/C=C/c2ccccc2)c(Br)c1. The van der Waals surface area contributed by atoms with E-state index in [1.165, 1.54) is 0 Å². The summed E-state index contributed by atoms with van der Waals surface area (Å²) in [6, 6.07) is 12.1. The highest BCUT2D eigenvalue weighted by Crippen LogP contribution is 2.22. The second-order valence-corrected chi connectivity index (χ2v) is 4.78. The van der Waals surface area contributed by atoms with Crippen molar-refractivity contribution in [3.8, 4) is 5.88 Å². The van der Waals surface area contributed by atoms with Crippen molar-refractivity contribution in [2.24, 2.45) is 0 Å². The molecule has 0 aliphatic rings. The van der Waals surface area contributed by atoms with Gasteiger partial charge in [-0.25, -0.2) is 4.98 Å². The van der Waals surface area contributed by atoms with Crippen LogP contribution in [-0.2, 0) is 0 Å². The first kappa shape index (κ1) is 12.8. The van der Waals surface area contributed by atoms with Gasteiger partial charge in [0.15, 0.2) is 0 Å². The Morgan fingerprint density at radius 3 is 2.78 bits per heavy atom. The van der Waals surface area contributed by atoms with Gasteiger partial charge in [-0.2, -0.15) is 0 Å². The maximum Gasteiger partial charge on any atom is 0.228 e. The van der Waals surface area contributed by atoms with Gasteiger partial charge in [-0.1, -0.05) is 36.4 Å². The monoisotopic (exact) mass is 303 g/mol. The first-order valence-electron chi connectivity index (χ1n) is 5.72. The van der Waals surface area contributed by atoms with E-state index in [-0.39, 0.29) is 0 Å². The quantitative estimate of drug-likeness (QED) is 0.842. The predicted octanol–water partition coefficient (Wildman–Crippen LogP) is 4.24. The zero-order valence-electron chi connectivity index (χ0n) is 10.1. The summed E-state index contributed by atoms with van der Waals surface area (Å²) in [5.74, 6) is 0.623. The maximum atomic E-state index is 5.57. The van der Waals surface area contributed by atoms with Gasteiger partial charge < -0.3 is 4.74 Å². The zero-order valence-corrected chi connectivity index (χ0v) is 11.7. The van der Waals surface area contributed by atoms with Gasteiger partial charge >= 0.3 is 0 Å². The van der Waals surface area contributed by atoms with E-state index >= 15 is 0 Å². The van der Waals surface area contributed by atoms with Crippen molar-refractivity contribution in [3.05, 3.63) is 64.3 Å². The Balaban J connectivity index is 1.91. The normalized spacial score (nSPS) is 10.8. The van der Waals surface area contributed by atoms with E-state index in [4.69, 9.17) is 4.74 Å². The fraction of sp³-hybridized carbons (Fsp3) is 0.133. The summed E-state index contributed by atoms with van der Waals surface area (Å²) >= 11 is 3.43. The smallest absolute Gasteiger partial charge is 0.228 e. The molecule has 2 nitrogen and oxygen atoms in total. The number of hydrogen-bond donors (Lipinski definition) is 0. The van der Waals surface area contributed by atoms with Gasteiger partial charge in [0.05, 0.1) is 4.47 Å². The molecule has 0 saturated heterocycles. The molecule has 2 rings (SSSR count). The lowest BCUT2D eigenvalue weighted by Crippen LogP contribution is -1.96. The van der Waals surface area contributed by atoms with E-state index in [0.717, 1.165) is 15.6 Å². The molecule has 1 heterocycles. The molecule has 0 radical (unpaired) electrons. The van der Waals surface area contributed by atoms with Gasteiger partial charge in [-0.3, -0.25) is 0 Å². The van der Waals surface area contributed by atoms with Crippen LogP contribution in [0.5, 0.6) is 5.88 Å². The summed E-state index contributed by atoms with van der Waals surface area (Å²) in [7, 11) is 0. The van der Waals surface area contributed by atoms with Crippen molar-refractivity contribution in [2.75, 3.05) is 6.61 Å². The number of halogens is 1. The Bertz CT molecular complexity index is 537. The van der Waals surface area contributed by atoms with Crippen LogP contribution >= 0.6 is 15.9 Å². The van der Waals surface area contributed by atoms with E-state index < -0.39 is 0 Å². The van der Waals surface area contributed by atoms with Crippen LogP contribution in [0.3, 0.4) is 0 Å². The van der Waals surface area contributed by atoms with E-state index in [1.54, 1.807) is 6.20 Å². The number of hydrogen-bond acceptors (Lipinski definition) is 2. The second kappa shape index (κ2) is 6.36. The number of benzene rings is 1. The molecule has 92 valence electrons. The van der Waals surface area contributed by atoms with Crippen LogP contribution in [0.15, 0.2) is 53.1 Å². The van der Waals surface area contributed by atoms with Gasteiger partial charge in [0.1, 0.15) is 6.61 Å². The fourth-order valence-corrected chi connectivity index (χ4v) is 2.08. The first-order valence-corrected chi connectivity index (χ1v) is 6.51. The molecule has 0 N–H and O–H groups in total. The first-order chi connectivity index (χ1) is 8.75. The summed E-state index contributed by atoms with van der Waals surface area (Å²) in [4.78, 5) is 4.22. The van der Waals surface area contributed by atoms with Crippen molar-refractivity contribution in [2.45, 2.75) is 6.92 Å². The van der Waals surface area contributed by atoms with Gasteiger partial charge in [0.2, 0.25) is 5.88 Å². The Morgan fingerprint density at radius 1 is 1.28 bits per heavy atom. The van der Waals surface area contributed by atoms with E-state index in [2.05, 4.69) is 33.0 Å². The third-order valence-electron chi connectivity index (χ3n) is 2.37. The van der Waals surface area contributed by atoms with Crippen LogP contribution in [-0.4, -0.2) is 11.6 Å². The minimum Gasteiger partial charge on any atom is -0.473 e. The molecule has 0 atom stereocenters. The van der Waals surface area contributed by atoms with E-state index in [1.807, 2.05) is 43.3 Å². The third-order valence-corrected chi connectivity index (χ3v) is 2.94. The van der Waals surface area contributed by atoms with Gasteiger partial charge in [-0.15, -0.1) is 0 Å². The molecule has 0 spiro atoms. The number of aryl methyl sites for hydroxylation is 1. The molecule has 2 aromatic rings. The van der Waals surface area contributed by atoms with Crippen LogP contribution in [0.4, 0.5) is 0 Å². The highest BCUT2D eigenvalue weighted by atomic mass is 79.9. The summed E-state index contributed by atoms with van der Waals surface area (Å²) in [6.07, 6.45) is 5.80. The van der Waals surface area contributed by atoms with Crippen molar-refractivity contribution >= 4 is 22.0 Å². The molecule has 0 fully saturated rings. The van der Waals surface area contributed by atoms with Crippen LogP contribution in [0.25, 0.3) is 6.08 Å². The molecule has 0 aliphatic heterocycles. The molecular formula is C15H14BrNO. The average molecular weight is 304 g/mol. The Hall–Kier alpha value is -1.61. The van der Waals surface area contributed by atoms with E-state index in [0.29, 0.717) is 12.5 Å². The predicted molar refractivity (Wildman–Crippen MR) is 77.6 cm³/mol. The molecular weight excluding hydrogens is 290 g/mol. The fourth-order valence-electron chi connectivity index (χ4n) is 1.50. The van der Waals surface area contributed by atoms with E-state index in [9.17, 15) is 0 Å². The molecule has 1 aromatic carbocycles. The zero-order chi connectivity index (χ0) is 12.8. The lowest BCUT2D eigenvalue weighted by Gasteiger charge is -2.04. The highest BCUT2D eigenvalue weighted by molar-refractivity contribution is 9.10. The standard InChI is InChI=1S/C15H14BrNO/c1-12-10-14(16)15(17-11-12)18-9-5-8-13-6-3-2-4-7-13/h2-8,10-11H,9H2,1H3/b8-5+. The summed E-state index contributed by atoms with van der Waals surface area (Å²) in [6.45, 7) is 2.50. The molecule has 0 bridgehead atoms. The largest absolute Gasteiger partial charge is 0.473 e. The van der Waals surface area contributed by atoms with Crippen LogP contribution < -0.4 is 4.74 Å². The van der Waals surface area contributed by atoms with Crippen molar-refractivity contribution in [1.29, 1.82) is 0 Å². The molecule has 0 saturated carbocycles. The molecule has 0 amide bonds. The molecule has 0 aliphatic carbocycles. The minimum absolute atomic E-state index is 0.504. The molecule has 3 heteroatoms. The lowest BCUT2D eigenvalue weighted by molar-refractivity contribution is 0.346. The van der Waals surface area contributed by atoms with Gasteiger partial charge in [0, 0.05) is 6.20 Å². The van der Waals surface area contributed by atoms with Gasteiger partial charge in [0.25, 0.3) is 0 Å². The molecule has 1 aromatic heterocycles.